The minimum atomic E-state index is -0.464. The van der Waals surface area contributed by atoms with Gasteiger partial charge in [0.1, 0.15) is 12.4 Å². The van der Waals surface area contributed by atoms with E-state index < -0.39 is 4.92 Å². The third-order valence-electron chi connectivity index (χ3n) is 4.37. The lowest BCUT2D eigenvalue weighted by Gasteiger charge is -2.11. The highest BCUT2D eigenvalue weighted by molar-refractivity contribution is 5.90. The summed E-state index contributed by atoms with van der Waals surface area (Å²) in [4.78, 5) is 10.3. The Morgan fingerprint density at radius 3 is 2.43 bits per heavy atom. The normalized spacial score (nSPS) is 10.9. The van der Waals surface area contributed by atoms with E-state index in [-0.39, 0.29) is 5.69 Å². The van der Waals surface area contributed by atoms with Gasteiger partial charge < -0.3 is 4.74 Å². The Balaban J connectivity index is 1.87. The first-order valence-corrected chi connectivity index (χ1v) is 8.71. The van der Waals surface area contributed by atoms with E-state index in [0.717, 1.165) is 16.7 Å². The summed E-state index contributed by atoms with van der Waals surface area (Å²) in [5.41, 5.74) is 4.02. The van der Waals surface area contributed by atoms with Gasteiger partial charge in [0.2, 0.25) is 0 Å². The van der Waals surface area contributed by atoms with Gasteiger partial charge in [0.25, 0.3) is 5.69 Å². The Morgan fingerprint density at radius 2 is 1.75 bits per heavy atom. The van der Waals surface area contributed by atoms with Crippen molar-refractivity contribution >= 4 is 17.3 Å². The number of hydrogen-bond donors (Lipinski definition) is 0. The summed E-state index contributed by atoms with van der Waals surface area (Å²) in [6.07, 6.45) is 1.73. The SMILES string of the molecule is Cc1ccccc1COc1ccccc1/C=C(/C#N)c1ccc([N+](=O)[O-])cc1. The van der Waals surface area contributed by atoms with Crippen LogP contribution in [0.25, 0.3) is 11.6 Å². The molecule has 0 fully saturated rings. The van der Waals surface area contributed by atoms with Crippen LogP contribution in [0.15, 0.2) is 72.8 Å². The van der Waals surface area contributed by atoms with E-state index in [4.69, 9.17) is 4.74 Å². The second kappa shape index (κ2) is 8.65. The Labute approximate surface area is 163 Å². The first-order chi connectivity index (χ1) is 13.6. The number of aryl methyl sites for hydroxylation is 1. The van der Waals surface area contributed by atoms with Crippen LogP contribution in [0.2, 0.25) is 0 Å². The summed E-state index contributed by atoms with van der Waals surface area (Å²) in [5.74, 6) is 0.667. The van der Waals surface area contributed by atoms with Gasteiger partial charge in [-0.05, 0) is 47.9 Å². The van der Waals surface area contributed by atoms with Gasteiger partial charge in [0, 0.05) is 17.7 Å². The van der Waals surface area contributed by atoms with Crippen molar-refractivity contribution in [2.24, 2.45) is 0 Å². The first-order valence-electron chi connectivity index (χ1n) is 8.71. The maximum atomic E-state index is 10.8. The Morgan fingerprint density at radius 1 is 1.07 bits per heavy atom. The fourth-order valence-corrected chi connectivity index (χ4v) is 2.76. The van der Waals surface area contributed by atoms with Crippen LogP contribution in [0.1, 0.15) is 22.3 Å². The maximum absolute atomic E-state index is 10.8. The molecule has 0 spiro atoms. The van der Waals surface area contributed by atoms with Crippen LogP contribution in [0.3, 0.4) is 0 Å². The number of allylic oxidation sites excluding steroid dienone is 1. The van der Waals surface area contributed by atoms with Crippen LogP contribution in [0.4, 0.5) is 5.69 Å². The van der Waals surface area contributed by atoms with Crippen LogP contribution in [-0.2, 0) is 6.61 Å². The predicted molar refractivity (Wildman–Crippen MR) is 109 cm³/mol. The van der Waals surface area contributed by atoms with Gasteiger partial charge in [0.05, 0.1) is 16.6 Å². The molecule has 0 aliphatic carbocycles. The minimum absolute atomic E-state index is 0.0111. The average molecular weight is 370 g/mol. The van der Waals surface area contributed by atoms with E-state index >= 15 is 0 Å². The predicted octanol–water partition coefficient (Wildman–Crippen LogP) is 5.55. The quantitative estimate of drug-likeness (QED) is 0.247. The number of nitriles is 1. The van der Waals surface area contributed by atoms with Crippen molar-refractivity contribution in [2.45, 2.75) is 13.5 Å². The van der Waals surface area contributed by atoms with Crippen molar-refractivity contribution in [3.8, 4) is 11.8 Å². The molecule has 0 unspecified atom stereocenters. The molecule has 0 N–H and O–H groups in total. The molecule has 5 heteroatoms. The molecule has 3 rings (SSSR count). The fourth-order valence-electron chi connectivity index (χ4n) is 2.76. The maximum Gasteiger partial charge on any atom is 0.269 e. The third-order valence-corrected chi connectivity index (χ3v) is 4.37. The van der Waals surface area contributed by atoms with E-state index in [0.29, 0.717) is 23.5 Å². The van der Waals surface area contributed by atoms with Gasteiger partial charge in [-0.15, -0.1) is 0 Å². The van der Waals surface area contributed by atoms with Gasteiger partial charge in [-0.25, -0.2) is 0 Å². The topological polar surface area (TPSA) is 76.2 Å². The van der Waals surface area contributed by atoms with E-state index in [1.54, 1.807) is 18.2 Å². The van der Waals surface area contributed by atoms with Crippen LogP contribution in [-0.4, -0.2) is 4.92 Å². The molecule has 0 amide bonds. The van der Waals surface area contributed by atoms with Crippen LogP contribution in [0, 0.1) is 28.4 Å². The molecule has 0 aliphatic rings. The third kappa shape index (κ3) is 4.43. The number of para-hydroxylation sites is 1. The fraction of sp³-hybridized carbons (Fsp3) is 0.0870. The summed E-state index contributed by atoms with van der Waals surface area (Å²) < 4.78 is 5.99. The van der Waals surface area contributed by atoms with Gasteiger partial charge in [-0.3, -0.25) is 10.1 Å². The zero-order chi connectivity index (χ0) is 19.9. The number of rotatable bonds is 6. The Hall–Kier alpha value is -3.91. The van der Waals surface area contributed by atoms with E-state index in [1.807, 2.05) is 55.5 Å². The number of nitrogens with zero attached hydrogens (tertiary/aromatic N) is 2. The number of benzene rings is 3. The monoisotopic (exact) mass is 370 g/mol. The number of ether oxygens (including phenoxy) is 1. The van der Waals surface area contributed by atoms with Gasteiger partial charge in [-0.1, -0.05) is 42.5 Å². The highest BCUT2D eigenvalue weighted by Crippen LogP contribution is 2.26. The molecule has 0 radical (unpaired) electrons. The van der Waals surface area contributed by atoms with Crippen molar-refractivity contribution in [2.75, 3.05) is 0 Å². The molecule has 0 atom stereocenters. The number of hydrogen-bond acceptors (Lipinski definition) is 4. The molecule has 0 aliphatic heterocycles. The summed E-state index contributed by atoms with van der Waals surface area (Å²) >= 11 is 0. The molecular weight excluding hydrogens is 352 g/mol. The largest absolute Gasteiger partial charge is 0.488 e. The molecule has 28 heavy (non-hydrogen) atoms. The van der Waals surface area contributed by atoms with Gasteiger partial charge in [0.15, 0.2) is 0 Å². The lowest BCUT2D eigenvalue weighted by Crippen LogP contribution is -1.99. The summed E-state index contributed by atoms with van der Waals surface area (Å²) in [7, 11) is 0. The second-order valence-corrected chi connectivity index (χ2v) is 6.23. The summed E-state index contributed by atoms with van der Waals surface area (Å²) in [6, 6.07) is 23.6. The van der Waals surface area contributed by atoms with Gasteiger partial charge >= 0.3 is 0 Å². The molecule has 3 aromatic rings. The minimum Gasteiger partial charge on any atom is -0.488 e. The molecular formula is C23H18N2O3. The van der Waals surface area contributed by atoms with Crippen LogP contribution < -0.4 is 4.74 Å². The summed E-state index contributed by atoms with van der Waals surface area (Å²) in [6.45, 7) is 2.46. The zero-order valence-electron chi connectivity index (χ0n) is 15.3. The Bertz CT molecular complexity index is 1060. The van der Waals surface area contributed by atoms with Crippen molar-refractivity contribution in [1.82, 2.24) is 0 Å². The molecule has 0 bridgehead atoms. The van der Waals surface area contributed by atoms with Crippen molar-refractivity contribution in [3.63, 3.8) is 0 Å². The molecule has 0 heterocycles. The first kappa shape index (κ1) is 18.9. The highest BCUT2D eigenvalue weighted by atomic mass is 16.6. The van der Waals surface area contributed by atoms with E-state index in [2.05, 4.69) is 6.07 Å². The molecule has 5 nitrogen and oxygen atoms in total. The number of non-ortho nitro benzene ring substituents is 1. The lowest BCUT2D eigenvalue weighted by atomic mass is 10.0. The average Bonchev–Trinajstić information content (AvgIpc) is 2.72. The number of nitro benzene ring substituents is 1. The van der Waals surface area contributed by atoms with Crippen LogP contribution >= 0.6 is 0 Å². The summed E-state index contributed by atoms with van der Waals surface area (Å²) in [5, 5.41) is 20.4. The van der Waals surface area contributed by atoms with Crippen molar-refractivity contribution < 1.29 is 9.66 Å². The second-order valence-electron chi connectivity index (χ2n) is 6.23. The van der Waals surface area contributed by atoms with Crippen molar-refractivity contribution in [3.05, 3.63) is 105 Å². The van der Waals surface area contributed by atoms with Crippen LogP contribution in [0.5, 0.6) is 5.75 Å². The Kier molecular flexibility index (Phi) is 5.83. The van der Waals surface area contributed by atoms with Gasteiger partial charge in [-0.2, -0.15) is 5.26 Å². The smallest absolute Gasteiger partial charge is 0.269 e. The number of nitro groups is 1. The van der Waals surface area contributed by atoms with Crippen molar-refractivity contribution in [1.29, 1.82) is 5.26 Å². The van der Waals surface area contributed by atoms with E-state index in [1.165, 1.54) is 12.1 Å². The van der Waals surface area contributed by atoms with E-state index in [9.17, 15) is 15.4 Å². The molecule has 0 saturated carbocycles. The molecule has 0 aromatic heterocycles. The zero-order valence-corrected chi connectivity index (χ0v) is 15.3. The highest BCUT2D eigenvalue weighted by Gasteiger charge is 2.09. The lowest BCUT2D eigenvalue weighted by molar-refractivity contribution is -0.384. The standard InChI is InChI=1S/C23H18N2O3/c1-17-6-2-3-8-20(17)16-28-23-9-5-4-7-19(23)14-21(15-24)18-10-12-22(13-11-18)25(26)27/h2-14H,16H2,1H3/b21-14-. The molecule has 0 saturated heterocycles. The molecule has 3 aromatic carbocycles. The molecule has 138 valence electrons.